The minimum atomic E-state index is -0.472. The van der Waals surface area contributed by atoms with Gasteiger partial charge in [0.05, 0.1) is 37.4 Å². The molecule has 140 valence electrons. The van der Waals surface area contributed by atoms with E-state index in [9.17, 15) is 9.59 Å². The lowest BCUT2D eigenvalue weighted by Gasteiger charge is -2.14. The van der Waals surface area contributed by atoms with Crippen molar-refractivity contribution in [3.05, 3.63) is 58.4 Å². The zero-order chi connectivity index (χ0) is 19.4. The monoisotopic (exact) mass is 385 g/mol. The van der Waals surface area contributed by atoms with Crippen LogP contribution in [0.1, 0.15) is 5.56 Å². The second-order valence-electron chi connectivity index (χ2n) is 5.75. The van der Waals surface area contributed by atoms with Crippen molar-refractivity contribution < 1.29 is 14.3 Å². The van der Waals surface area contributed by atoms with E-state index in [0.29, 0.717) is 27.6 Å². The molecular formula is C19H19N3O4S. The van der Waals surface area contributed by atoms with Crippen molar-refractivity contribution in [2.75, 3.05) is 20.0 Å². The summed E-state index contributed by atoms with van der Waals surface area (Å²) in [6.45, 7) is 0.276. The number of nitrogens with two attached hydrogens (primary N) is 1. The van der Waals surface area contributed by atoms with Crippen LogP contribution < -0.4 is 20.8 Å². The van der Waals surface area contributed by atoms with Crippen LogP contribution in [0.25, 0.3) is 10.9 Å². The molecule has 0 bridgehead atoms. The van der Waals surface area contributed by atoms with Crippen LogP contribution in [0.3, 0.4) is 0 Å². The predicted octanol–water partition coefficient (Wildman–Crippen LogP) is 2.04. The van der Waals surface area contributed by atoms with Crippen LogP contribution in [0.2, 0.25) is 0 Å². The largest absolute Gasteiger partial charge is 0.493 e. The molecule has 7 nitrogen and oxygen atoms in total. The van der Waals surface area contributed by atoms with Crippen LogP contribution in [-0.2, 0) is 11.3 Å². The molecular weight excluding hydrogens is 366 g/mol. The van der Waals surface area contributed by atoms with E-state index >= 15 is 0 Å². The molecule has 0 fully saturated rings. The normalized spacial score (nSPS) is 10.7. The number of hydrogen-bond donors (Lipinski definition) is 1. The summed E-state index contributed by atoms with van der Waals surface area (Å²) in [7, 11) is 3.12. The highest BCUT2D eigenvalue weighted by Crippen LogP contribution is 2.28. The Kier molecular flexibility index (Phi) is 5.66. The topological polar surface area (TPSA) is 96.4 Å². The molecule has 0 spiro atoms. The van der Waals surface area contributed by atoms with E-state index in [1.54, 1.807) is 38.5 Å². The molecule has 0 aliphatic heterocycles. The van der Waals surface area contributed by atoms with Gasteiger partial charge >= 0.3 is 0 Å². The Bertz CT molecular complexity index is 1050. The maximum Gasteiger partial charge on any atom is 0.262 e. The number of methoxy groups -OCH3 is 2. The highest BCUT2D eigenvalue weighted by molar-refractivity contribution is 7.99. The number of carbonyl (C=O) groups excluding carboxylic acids is 1. The zero-order valence-corrected chi connectivity index (χ0v) is 15.8. The number of ether oxygens (including phenoxy) is 2. The molecule has 8 heteroatoms. The average molecular weight is 385 g/mol. The zero-order valence-electron chi connectivity index (χ0n) is 15.0. The molecule has 27 heavy (non-hydrogen) atoms. The smallest absolute Gasteiger partial charge is 0.262 e. The number of rotatable bonds is 7. The molecule has 2 N–H and O–H groups in total. The van der Waals surface area contributed by atoms with Gasteiger partial charge in [-0.2, -0.15) is 0 Å². The molecule has 2 aromatic carbocycles. The Morgan fingerprint density at radius 1 is 1.15 bits per heavy atom. The first kappa shape index (κ1) is 18.8. The van der Waals surface area contributed by atoms with E-state index in [4.69, 9.17) is 15.2 Å². The standard InChI is InChI=1S/C19H19N3O4S/c1-25-15-8-7-12(9-16(15)26-2)10-22-18(24)13-5-3-4-6-14(13)21-19(22)27-11-17(20)23/h3-9H,10-11H2,1-2H3,(H2,20,23). The van der Waals surface area contributed by atoms with Gasteiger partial charge in [-0.3, -0.25) is 14.2 Å². The van der Waals surface area contributed by atoms with Crippen molar-refractivity contribution >= 4 is 28.6 Å². The Morgan fingerprint density at radius 3 is 2.59 bits per heavy atom. The van der Waals surface area contributed by atoms with Gasteiger partial charge in [0.25, 0.3) is 5.56 Å². The SMILES string of the molecule is COc1ccc(Cn2c(SCC(N)=O)nc3ccccc3c2=O)cc1OC. The van der Waals surface area contributed by atoms with Crippen LogP contribution in [0.15, 0.2) is 52.4 Å². The molecule has 1 aromatic heterocycles. The Labute approximate surface area is 160 Å². The van der Waals surface area contributed by atoms with E-state index in [2.05, 4.69) is 4.98 Å². The van der Waals surface area contributed by atoms with Crippen LogP contribution in [0.5, 0.6) is 11.5 Å². The second-order valence-corrected chi connectivity index (χ2v) is 6.69. The number of amides is 1. The summed E-state index contributed by atoms with van der Waals surface area (Å²) in [5.74, 6) is 0.744. The quantitative estimate of drug-likeness (QED) is 0.494. The summed E-state index contributed by atoms with van der Waals surface area (Å²) in [4.78, 5) is 28.8. The summed E-state index contributed by atoms with van der Waals surface area (Å²) in [5, 5.41) is 0.952. The molecule has 3 rings (SSSR count). The number of nitrogens with zero attached hydrogens (tertiary/aromatic N) is 2. The van der Waals surface area contributed by atoms with Gasteiger partial charge in [0.2, 0.25) is 5.91 Å². The Hall–Kier alpha value is -3.00. The molecule has 0 unspecified atom stereocenters. The molecule has 0 saturated carbocycles. The van der Waals surface area contributed by atoms with E-state index < -0.39 is 5.91 Å². The number of benzene rings is 2. The number of thioether (sulfide) groups is 1. The highest BCUT2D eigenvalue weighted by Gasteiger charge is 2.14. The van der Waals surface area contributed by atoms with Crippen molar-refractivity contribution in [1.29, 1.82) is 0 Å². The predicted molar refractivity (Wildman–Crippen MR) is 105 cm³/mol. The summed E-state index contributed by atoms with van der Waals surface area (Å²) in [6, 6.07) is 12.6. The van der Waals surface area contributed by atoms with Gasteiger partial charge in [-0.15, -0.1) is 0 Å². The maximum absolute atomic E-state index is 13.0. The van der Waals surface area contributed by atoms with Crippen LogP contribution in [0, 0.1) is 0 Å². The summed E-state index contributed by atoms with van der Waals surface area (Å²) in [6.07, 6.45) is 0. The van der Waals surface area contributed by atoms with Crippen molar-refractivity contribution in [3.63, 3.8) is 0 Å². The Morgan fingerprint density at radius 2 is 1.89 bits per heavy atom. The lowest BCUT2D eigenvalue weighted by atomic mass is 10.2. The first-order chi connectivity index (χ1) is 13.0. The lowest BCUT2D eigenvalue weighted by molar-refractivity contribution is -0.115. The fraction of sp³-hybridized carbons (Fsp3) is 0.211. The molecule has 1 heterocycles. The van der Waals surface area contributed by atoms with E-state index in [-0.39, 0.29) is 17.9 Å². The second kappa shape index (κ2) is 8.13. The Balaban J connectivity index is 2.08. The maximum atomic E-state index is 13.0. The van der Waals surface area contributed by atoms with Gasteiger partial charge < -0.3 is 15.2 Å². The van der Waals surface area contributed by atoms with Gasteiger partial charge in [0.1, 0.15) is 0 Å². The van der Waals surface area contributed by atoms with Gasteiger partial charge in [-0.25, -0.2) is 4.98 Å². The van der Waals surface area contributed by atoms with Crippen LogP contribution in [0.4, 0.5) is 0 Å². The summed E-state index contributed by atoms with van der Waals surface area (Å²) in [5.41, 5.74) is 6.50. The minimum Gasteiger partial charge on any atom is -0.493 e. The fourth-order valence-electron chi connectivity index (χ4n) is 2.69. The molecule has 0 aliphatic rings. The van der Waals surface area contributed by atoms with Gasteiger partial charge in [0, 0.05) is 0 Å². The first-order valence-corrected chi connectivity index (χ1v) is 9.13. The molecule has 0 atom stereocenters. The highest BCUT2D eigenvalue weighted by atomic mass is 32.2. The van der Waals surface area contributed by atoms with Crippen LogP contribution >= 0.6 is 11.8 Å². The number of carbonyl (C=O) groups is 1. The van der Waals surface area contributed by atoms with Crippen molar-refractivity contribution in [3.8, 4) is 11.5 Å². The first-order valence-electron chi connectivity index (χ1n) is 8.15. The molecule has 3 aromatic rings. The minimum absolute atomic E-state index is 0.0384. The molecule has 0 aliphatic carbocycles. The van der Waals surface area contributed by atoms with Crippen LogP contribution in [-0.4, -0.2) is 35.4 Å². The number of fused-ring (bicyclic) bond motifs is 1. The molecule has 0 radical (unpaired) electrons. The summed E-state index contributed by atoms with van der Waals surface area (Å²) < 4.78 is 12.1. The average Bonchev–Trinajstić information content (AvgIpc) is 2.68. The molecule has 0 saturated heterocycles. The van der Waals surface area contributed by atoms with Crippen molar-refractivity contribution in [2.45, 2.75) is 11.7 Å². The fourth-order valence-corrected chi connectivity index (χ4v) is 3.43. The third-order valence-corrected chi connectivity index (χ3v) is 4.96. The molecule has 1 amide bonds. The third-order valence-electron chi connectivity index (χ3n) is 3.96. The van der Waals surface area contributed by atoms with Gasteiger partial charge in [-0.05, 0) is 29.8 Å². The van der Waals surface area contributed by atoms with Gasteiger partial charge in [-0.1, -0.05) is 30.0 Å². The third kappa shape index (κ3) is 4.06. The van der Waals surface area contributed by atoms with E-state index in [1.807, 2.05) is 18.2 Å². The van der Waals surface area contributed by atoms with Crippen molar-refractivity contribution in [2.24, 2.45) is 5.73 Å². The number of hydrogen-bond acceptors (Lipinski definition) is 6. The van der Waals surface area contributed by atoms with Gasteiger partial charge in [0.15, 0.2) is 16.7 Å². The number of aromatic nitrogens is 2. The lowest BCUT2D eigenvalue weighted by Crippen LogP contribution is -2.25. The number of para-hydroxylation sites is 1. The van der Waals surface area contributed by atoms with Crippen molar-refractivity contribution in [1.82, 2.24) is 9.55 Å². The van der Waals surface area contributed by atoms with E-state index in [1.165, 1.54) is 4.57 Å². The number of primary amides is 1. The summed E-state index contributed by atoms with van der Waals surface area (Å²) >= 11 is 1.14. The van der Waals surface area contributed by atoms with E-state index in [0.717, 1.165) is 17.3 Å².